The van der Waals surface area contributed by atoms with E-state index in [1.165, 1.54) is 21.3 Å². The van der Waals surface area contributed by atoms with Crippen molar-refractivity contribution >= 4 is 18.9 Å². The Morgan fingerprint density at radius 2 is 1.68 bits per heavy atom. The van der Waals surface area contributed by atoms with Crippen molar-refractivity contribution in [3.8, 4) is 0 Å². The molecule has 1 atom stereocenters. The molecule has 0 aliphatic heterocycles. The number of nitrogens with zero attached hydrogens (tertiary/aromatic N) is 1. The maximum absolute atomic E-state index is 11.2. The summed E-state index contributed by atoms with van der Waals surface area (Å²) < 4.78 is 47.3. The summed E-state index contributed by atoms with van der Waals surface area (Å²) in [4.78, 5) is 1.61. The van der Waals surface area contributed by atoms with Gasteiger partial charge in [-0.25, -0.2) is 0 Å². The fourth-order valence-corrected chi connectivity index (χ4v) is 4.68. The predicted molar refractivity (Wildman–Crippen MR) is 74.5 cm³/mol. The van der Waals surface area contributed by atoms with E-state index in [1.54, 1.807) is 18.9 Å². The lowest BCUT2D eigenvalue weighted by atomic mass is 10.4. The van der Waals surface area contributed by atoms with Gasteiger partial charge in [-0.2, -0.15) is 8.42 Å². The molecule has 116 valence electrons. The van der Waals surface area contributed by atoms with Crippen LogP contribution in [0.25, 0.3) is 0 Å². The summed E-state index contributed by atoms with van der Waals surface area (Å²) in [6.45, 7) is 2.22. The van der Waals surface area contributed by atoms with Crippen LogP contribution in [0, 0.1) is 0 Å². The normalized spacial score (nSPS) is 14.9. The van der Waals surface area contributed by atoms with Crippen LogP contribution in [0.5, 0.6) is 0 Å². The maximum Gasteiger partial charge on any atom is 0.500 e. The molecule has 0 radical (unpaired) electrons. The summed E-state index contributed by atoms with van der Waals surface area (Å²) >= 11 is 0. The average molecular weight is 315 g/mol. The van der Waals surface area contributed by atoms with E-state index in [0.717, 1.165) is 0 Å². The van der Waals surface area contributed by atoms with Crippen molar-refractivity contribution in [3.05, 3.63) is 0 Å². The van der Waals surface area contributed by atoms with Gasteiger partial charge in [-0.05, 0) is 26.4 Å². The minimum atomic E-state index is -4.05. The summed E-state index contributed by atoms with van der Waals surface area (Å²) in [5.41, 5.74) is 0. The van der Waals surface area contributed by atoms with Gasteiger partial charge >= 0.3 is 8.80 Å². The molecule has 0 aromatic carbocycles. The molecule has 0 saturated heterocycles. The lowest BCUT2D eigenvalue weighted by molar-refractivity contribution is 0.121. The second-order valence-corrected chi connectivity index (χ2v) is 8.92. The molecule has 0 fully saturated rings. The molecule has 0 heterocycles. The fraction of sp³-hybridized carbons (Fsp3) is 1.00. The Kier molecular flexibility index (Phi) is 8.28. The zero-order chi connectivity index (χ0) is 15.1. The van der Waals surface area contributed by atoms with E-state index in [1.807, 2.05) is 0 Å². The van der Waals surface area contributed by atoms with Crippen LogP contribution >= 0.6 is 0 Å². The molecule has 0 aliphatic carbocycles. The van der Waals surface area contributed by atoms with Crippen LogP contribution < -0.4 is 0 Å². The zero-order valence-corrected chi connectivity index (χ0v) is 14.1. The Hall–Kier alpha value is -0.0331. The second kappa shape index (κ2) is 8.30. The summed E-state index contributed by atoms with van der Waals surface area (Å²) in [6.07, 6.45) is 0.987. The molecule has 0 aliphatic rings. The second-order valence-electron chi connectivity index (χ2n) is 4.26. The molecule has 0 amide bonds. The number of hydrogen-bond donors (Lipinski definition) is 1. The monoisotopic (exact) mass is 315 g/mol. The van der Waals surface area contributed by atoms with Gasteiger partial charge in [-0.3, -0.25) is 9.45 Å². The van der Waals surface area contributed by atoms with E-state index in [0.29, 0.717) is 25.4 Å². The van der Waals surface area contributed by atoms with Crippen LogP contribution in [0.2, 0.25) is 6.04 Å². The van der Waals surface area contributed by atoms with Crippen molar-refractivity contribution in [2.75, 3.05) is 34.9 Å². The van der Waals surface area contributed by atoms with Crippen molar-refractivity contribution in [2.45, 2.75) is 31.2 Å². The first-order valence-electron chi connectivity index (χ1n) is 6.08. The quantitative estimate of drug-likeness (QED) is 0.471. The summed E-state index contributed by atoms with van der Waals surface area (Å²) in [5.74, 6) is 0. The topological polar surface area (TPSA) is 85.3 Å². The third-order valence-electron chi connectivity index (χ3n) is 3.11. The van der Waals surface area contributed by atoms with Gasteiger partial charge in [0.1, 0.15) is 5.37 Å². The molecule has 0 aromatic rings. The lowest BCUT2D eigenvalue weighted by Crippen LogP contribution is -2.44. The summed E-state index contributed by atoms with van der Waals surface area (Å²) in [7, 11) is -0.390. The van der Waals surface area contributed by atoms with E-state index in [9.17, 15) is 8.42 Å². The molecule has 9 heteroatoms. The van der Waals surface area contributed by atoms with Gasteiger partial charge in [0.15, 0.2) is 0 Å². The number of hydrogen-bond acceptors (Lipinski definition) is 6. The molecule has 1 N–H and O–H groups in total. The molecule has 0 aromatic heterocycles. The first kappa shape index (κ1) is 19.0. The van der Waals surface area contributed by atoms with Gasteiger partial charge in [0, 0.05) is 27.4 Å². The molecule has 0 saturated carbocycles. The molecular weight excluding hydrogens is 290 g/mol. The molecule has 7 nitrogen and oxygen atoms in total. The fourth-order valence-electron chi connectivity index (χ4n) is 1.99. The van der Waals surface area contributed by atoms with E-state index in [2.05, 4.69) is 0 Å². The molecule has 0 rings (SSSR count). The third-order valence-corrected chi connectivity index (χ3v) is 7.32. The lowest BCUT2D eigenvalue weighted by Gasteiger charge is -2.27. The van der Waals surface area contributed by atoms with Gasteiger partial charge in [0.2, 0.25) is 0 Å². The highest BCUT2D eigenvalue weighted by Gasteiger charge is 2.37. The first-order valence-corrected chi connectivity index (χ1v) is 9.51. The van der Waals surface area contributed by atoms with Crippen LogP contribution in [0.15, 0.2) is 0 Å². The average Bonchev–Trinajstić information content (AvgIpc) is 2.34. The molecule has 1 unspecified atom stereocenters. The Morgan fingerprint density at radius 1 is 1.21 bits per heavy atom. The van der Waals surface area contributed by atoms with Crippen molar-refractivity contribution in [1.82, 2.24) is 4.90 Å². The van der Waals surface area contributed by atoms with Crippen LogP contribution in [0.1, 0.15) is 19.8 Å². The predicted octanol–water partition coefficient (Wildman–Crippen LogP) is 0.810. The molecule has 0 bridgehead atoms. The van der Waals surface area contributed by atoms with Gasteiger partial charge in [-0.1, -0.05) is 6.92 Å². The first-order chi connectivity index (χ1) is 8.76. The highest BCUT2D eigenvalue weighted by molar-refractivity contribution is 7.86. The summed E-state index contributed by atoms with van der Waals surface area (Å²) in [5, 5.41) is -0.879. The molecular formula is C10H25NO6SSi. The minimum absolute atomic E-state index is 0.330. The van der Waals surface area contributed by atoms with Crippen molar-refractivity contribution in [3.63, 3.8) is 0 Å². The van der Waals surface area contributed by atoms with Crippen LogP contribution in [0.4, 0.5) is 0 Å². The Bertz CT molecular complexity index is 338. The van der Waals surface area contributed by atoms with Gasteiger partial charge in [0.25, 0.3) is 10.1 Å². The van der Waals surface area contributed by atoms with Crippen LogP contribution in [0.3, 0.4) is 0 Å². The van der Waals surface area contributed by atoms with E-state index in [4.69, 9.17) is 17.8 Å². The Morgan fingerprint density at radius 3 is 2.00 bits per heavy atom. The van der Waals surface area contributed by atoms with Gasteiger partial charge in [0.05, 0.1) is 0 Å². The van der Waals surface area contributed by atoms with Crippen molar-refractivity contribution < 1.29 is 26.2 Å². The molecule has 19 heavy (non-hydrogen) atoms. The SMILES string of the molecule is CCC(N(C)CCC[Si](OC)(OC)OC)S(=O)(=O)O. The van der Waals surface area contributed by atoms with Gasteiger partial charge < -0.3 is 13.3 Å². The summed E-state index contributed by atoms with van der Waals surface area (Å²) in [6, 6.07) is 0.586. The van der Waals surface area contributed by atoms with Crippen LogP contribution in [-0.2, 0) is 23.4 Å². The standard InChI is InChI=1S/C10H25NO6SSi/c1-6-10(18(12,13)14)11(2)8-7-9-19(15-3,16-4)17-5/h10H,6-9H2,1-5H3,(H,12,13,14). The Labute approximate surface area is 117 Å². The van der Waals surface area contributed by atoms with Crippen molar-refractivity contribution in [2.24, 2.45) is 0 Å². The number of rotatable bonds is 10. The van der Waals surface area contributed by atoms with Gasteiger partial charge in [-0.15, -0.1) is 0 Å². The van der Waals surface area contributed by atoms with E-state index >= 15 is 0 Å². The highest BCUT2D eigenvalue weighted by Crippen LogP contribution is 2.16. The van der Waals surface area contributed by atoms with E-state index in [-0.39, 0.29) is 0 Å². The van der Waals surface area contributed by atoms with Crippen LogP contribution in [-0.4, -0.2) is 67.0 Å². The Balaban J connectivity index is 4.41. The molecule has 0 spiro atoms. The minimum Gasteiger partial charge on any atom is -0.377 e. The largest absolute Gasteiger partial charge is 0.500 e. The van der Waals surface area contributed by atoms with Crippen molar-refractivity contribution in [1.29, 1.82) is 0 Å². The highest BCUT2D eigenvalue weighted by atomic mass is 32.2. The van der Waals surface area contributed by atoms with E-state index < -0.39 is 24.3 Å². The maximum atomic E-state index is 11.2. The third kappa shape index (κ3) is 5.86. The smallest absolute Gasteiger partial charge is 0.377 e. The zero-order valence-electron chi connectivity index (χ0n) is 12.2.